The second-order valence-corrected chi connectivity index (χ2v) is 12.0. The van der Waals surface area contributed by atoms with E-state index >= 15 is 0 Å². The van der Waals surface area contributed by atoms with Gasteiger partial charge < -0.3 is 9.50 Å². The van der Waals surface area contributed by atoms with Gasteiger partial charge in [0, 0.05) is 22.7 Å². The zero-order chi connectivity index (χ0) is 28.5. The molecule has 3 rings (SSSR count). The fraction of sp³-hybridized carbons (Fsp3) is 0.467. The van der Waals surface area contributed by atoms with Gasteiger partial charge in [-0.25, -0.2) is 0 Å². The first-order valence-corrected chi connectivity index (χ1v) is 14.5. The Bertz CT molecular complexity index is 1360. The smallest absolute Gasteiger partial charge is 0.376 e. The Balaban J connectivity index is 2.44. The summed E-state index contributed by atoms with van der Waals surface area (Å²) >= 11 is 0. The van der Waals surface area contributed by atoms with Crippen molar-refractivity contribution < 1.29 is 25.8 Å². The minimum atomic E-state index is -5.85. The van der Waals surface area contributed by atoms with Crippen LogP contribution < -0.4 is 9.50 Å². The van der Waals surface area contributed by atoms with E-state index in [-0.39, 0.29) is 17.2 Å². The van der Waals surface area contributed by atoms with Gasteiger partial charge in [0.15, 0.2) is 5.75 Å². The monoisotopic (exact) mass is 549 g/mol. The predicted molar refractivity (Wildman–Crippen MR) is 150 cm³/mol. The maximum Gasteiger partial charge on any atom is 0.534 e. The predicted octanol–water partition coefficient (Wildman–Crippen LogP) is 9.13. The minimum absolute atomic E-state index is 0.00654. The van der Waals surface area contributed by atoms with Gasteiger partial charge in [-0.1, -0.05) is 63.1 Å². The van der Waals surface area contributed by atoms with E-state index in [2.05, 4.69) is 59.0 Å². The molecule has 0 aromatic heterocycles. The van der Waals surface area contributed by atoms with Gasteiger partial charge in [0.1, 0.15) is 0 Å². The number of allylic oxidation sites excluding steroid dienone is 3. The fourth-order valence-corrected chi connectivity index (χ4v) is 6.01. The molecule has 0 amide bonds. The van der Waals surface area contributed by atoms with Crippen LogP contribution in [-0.4, -0.2) is 19.5 Å². The molecule has 0 aliphatic carbocycles. The summed E-state index contributed by atoms with van der Waals surface area (Å²) in [6.07, 6.45) is 7.80. The second-order valence-electron chi connectivity index (χ2n) is 10.4. The lowest BCUT2D eigenvalue weighted by Gasteiger charge is -2.36. The molecule has 0 radical (unpaired) electrons. The Labute approximate surface area is 225 Å². The van der Waals surface area contributed by atoms with Gasteiger partial charge in [-0.2, -0.15) is 21.6 Å². The van der Waals surface area contributed by atoms with Gasteiger partial charge in [-0.15, -0.1) is 0 Å². The fourth-order valence-electron chi connectivity index (χ4n) is 5.54. The van der Waals surface area contributed by atoms with E-state index in [4.69, 9.17) is 4.18 Å². The molecular formula is C30H38F3NO3S. The van der Waals surface area contributed by atoms with Crippen LogP contribution in [0.5, 0.6) is 5.75 Å². The van der Waals surface area contributed by atoms with E-state index in [0.29, 0.717) is 16.7 Å². The number of hydrogen-bond donors (Lipinski definition) is 1. The van der Waals surface area contributed by atoms with Gasteiger partial charge in [-0.05, 0) is 81.4 Å². The molecule has 1 N–H and O–H groups in total. The van der Waals surface area contributed by atoms with Crippen molar-refractivity contribution in [1.82, 2.24) is 0 Å². The maximum absolute atomic E-state index is 13.3. The lowest BCUT2D eigenvalue weighted by Crippen LogP contribution is -2.32. The minimum Gasteiger partial charge on any atom is -0.376 e. The van der Waals surface area contributed by atoms with Crippen LogP contribution in [-0.2, 0) is 10.1 Å². The Morgan fingerprint density at radius 1 is 1.08 bits per heavy atom. The molecule has 4 nitrogen and oxygen atoms in total. The third-order valence-corrected chi connectivity index (χ3v) is 7.87. The molecule has 1 aliphatic heterocycles. The maximum atomic E-state index is 13.3. The zero-order valence-electron chi connectivity index (χ0n) is 23.2. The molecule has 1 aliphatic rings. The highest BCUT2D eigenvalue weighted by molar-refractivity contribution is 7.88. The molecule has 0 fully saturated rings. The highest BCUT2D eigenvalue weighted by Crippen LogP contribution is 2.49. The molecule has 0 saturated carbocycles. The lowest BCUT2D eigenvalue weighted by molar-refractivity contribution is -0.0499. The van der Waals surface area contributed by atoms with Crippen molar-refractivity contribution in [2.45, 2.75) is 91.1 Å². The van der Waals surface area contributed by atoms with Crippen molar-refractivity contribution in [3.63, 3.8) is 0 Å². The Hall–Kier alpha value is -2.74. The van der Waals surface area contributed by atoms with Crippen LogP contribution in [0.1, 0.15) is 89.8 Å². The largest absolute Gasteiger partial charge is 0.534 e. The van der Waals surface area contributed by atoms with Crippen molar-refractivity contribution in [3.8, 4) is 16.9 Å². The molecule has 1 heterocycles. The van der Waals surface area contributed by atoms with E-state index in [9.17, 15) is 21.6 Å². The van der Waals surface area contributed by atoms with Crippen LogP contribution in [0.25, 0.3) is 16.7 Å². The van der Waals surface area contributed by atoms with Crippen molar-refractivity contribution in [2.24, 2.45) is 0 Å². The van der Waals surface area contributed by atoms with Crippen LogP contribution in [0.15, 0.2) is 48.1 Å². The van der Waals surface area contributed by atoms with E-state index in [1.807, 2.05) is 12.1 Å². The molecule has 1 atom stereocenters. The third kappa shape index (κ3) is 5.95. The molecule has 0 saturated heterocycles. The highest BCUT2D eigenvalue weighted by Gasteiger charge is 2.49. The van der Waals surface area contributed by atoms with Gasteiger partial charge in [0.05, 0.1) is 5.54 Å². The average molecular weight is 550 g/mol. The van der Waals surface area contributed by atoms with Gasteiger partial charge in [-0.3, -0.25) is 0 Å². The van der Waals surface area contributed by atoms with Gasteiger partial charge in [0.25, 0.3) is 0 Å². The number of anilines is 1. The molecule has 0 spiro atoms. The van der Waals surface area contributed by atoms with Crippen molar-refractivity contribution in [1.29, 1.82) is 0 Å². The number of rotatable bonds is 9. The molecule has 8 heteroatoms. The first-order valence-electron chi connectivity index (χ1n) is 13.1. The number of fused-ring (bicyclic) bond motifs is 1. The van der Waals surface area contributed by atoms with Crippen LogP contribution in [0.4, 0.5) is 18.9 Å². The topological polar surface area (TPSA) is 55.4 Å². The highest BCUT2D eigenvalue weighted by atomic mass is 32.2. The molecule has 0 bridgehead atoms. The number of hydrogen-bond acceptors (Lipinski definition) is 4. The lowest BCUT2D eigenvalue weighted by atomic mass is 9.75. The number of benzene rings is 2. The van der Waals surface area contributed by atoms with Crippen molar-refractivity contribution >= 4 is 21.4 Å². The number of aryl methyl sites for hydroxylation is 1. The van der Waals surface area contributed by atoms with Crippen LogP contribution in [0.3, 0.4) is 0 Å². The summed E-state index contributed by atoms with van der Waals surface area (Å²) in [5.41, 5.74) is 1.08. The molecule has 38 heavy (non-hydrogen) atoms. The van der Waals surface area contributed by atoms with Crippen LogP contribution in [0, 0.1) is 6.92 Å². The Morgan fingerprint density at radius 3 is 2.34 bits per heavy atom. The molecule has 2 aromatic carbocycles. The first kappa shape index (κ1) is 29.8. The Kier molecular flexibility index (Phi) is 8.76. The van der Waals surface area contributed by atoms with Gasteiger partial charge >= 0.3 is 15.6 Å². The zero-order valence-corrected chi connectivity index (χ0v) is 24.0. The number of alkyl halides is 3. The number of nitrogens with one attached hydrogen (secondary N) is 1. The summed E-state index contributed by atoms with van der Waals surface area (Å²) in [7, 11) is -5.85. The van der Waals surface area contributed by atoms with Crippen molar-refractivity contribution in [3.05, 3.63) is 64.7 Å². The summed E-state index contributed by atoms with van der Waals surface area (Å²) in [5.74, 6) is -0.338. The van der Waals surface area contributed by atoms with Crippen molar-refractivity contribution in [2.75, 3.05) is 5.32 Å². The first-order chi connectivity index (χ1) is 17.7. The average Bonchev–Trinajstić information content (AvgIpc) is 2.79. The van der Waals surface area contributed by atoms with Crippen LogP contribution >= 0.6 is 0 Å². The van der Waals surface area contributed by atoms with E-state index in [1.54, 1.807) is 13.0 Å². The summed E-state index contributed by atoms with van der Waals surface area (Å²) in [6, 6.07) is 8.36. The molecule has 208 valence electrons. The molecule has 1 unspecified atom stereocenters. The molecule has 2 aromatic rings. The third-order valence-electron chi connectivity index (χ3n) is 6.91. The normalized spacial score (nSPS) is 16.4. The number of halogens is 3. The van der Waals surface area contributed by atoms with E-state index in [0.717, 1.165) is 48.1 Å². The van der Waals surface area contributed by atoms with E-state index < -0.39 is 15.6 Å². The summed E-state index contributed by atoms with van der Waals surface area (Å²) in [4.78, 5) is 0. The summed E-state index contributed by atoms with van der Waals surface area (Å²) < 4.78 is 68.8. The summed E-state index contributed by atoms with van der Waals surface area (Å²) in [5, 5.41) is 3.59. The quantitative estimate of drug-likeness (QED) is 0.192. The van der Waals surface area contributed by atoms with Crippen LogP contribution in [0.2, 0.25) is 0 Å². The SMILES string of the molecule is CC/C=C(\CC)C(CCC)c1c(-c2c(C)cccc2OS(=O)(=O)C(F)(F)F)ccc2c1C(C)=CC(C)(C)N2. The standard InChI is InChI=1S/C30H38F3NO3S/c1-8-12-21(10-3)22(13-9-2)28-23(16-17-24-27(28)20(5)18-29(6,7)34-24)26-19(4)14-11-15-25(26)37-38(35,36)30(31,32)33/h11-12,14-18,22,34H,8-10,13H2,1-7H3/b21-12+. The van der Waals surface area contributed by atoms with E-state index in [1.165, 1.54) is 17.7 Å². The summed E-state index contributed by atoms with van der Waals surface area (Å²) in [6.45, 7) is 14.3. The second kappa shape index (κ2) is 11.2. The van der Waals surface area contributed by atoms with Gasteiger partial charge in [0.2, 0.25) is 0 Å². The Morgan fingerprint density at radius 2 is 1.76 bits per heavy atom. The molecular weight excluding hydrogens is 511 g/mol.